The first-order valence-electron chi connectivity index (χ1n) is 5.14. The van der Waals surface area contributed by atoms with Crippen LogP contribution in [0.3, 0.4) is 0 Å². The second kappa shape index (κ2) is 5.03. The normalized spacial score (nSPS) is 22.4. The van der Waals surface area contributed by atoms with Gasteiger partial charge in [0.05, 0.1) is 6.04 Å². The number of rotatable bonds is 4. The highest BCUT2D eigenvalue weighted by Crippen LogP contribution is 2.18. The lowest BCUT2D eigenvalue weighted by molar-refractivity contribution is -0.122. The molecule has 1 rings (SSSR count). The van der Waals surface area contributed by atoms with Crippen molar-refractivity contribution < 1.29 is 4.79 Å². The summed E-state index contributed by atoms with van der Waals surface area (Å²) in [7, 11) is 0. The SMILES string of the molecule is CCC(C)(C)CNC(=O)C1CSCN1. The summed E-state index contributed by atoms with van der Waals surface area (Å²) >= 11 is 1.78. The predicted octanol–water partition coefficient (Wildman–Crippen LogP) is 1.20. The highest BCUT2D eigenvalue weighted by molar-refractivity contribution is 7.99. The minimum Gasteiger partial charge on any atom is -0.354 e. The molecule has 1 aliphatic rings. The molecule has 1 heterocycles. The number of hydrogen-bond donors (Lipinski definition) is 2. The molecule has 0 aromatic carbocycles. The van der Waals surface area contributed by atoms with Crippen LogP contribution in [0.2, 0.25) is 0 Å². The van der Waals surface area contributed by atoms with Crippen LogP contribution in [0.5, 0.6) is 0 Å². The van der Waals surface area contributed by atoms with E-state index < -0.39 is 0 Å². The van der Waals surface area contributed by atoms with Crippen molar-refractivity contribution in [1.82, 2.24) is 10.6 Å². The Balaban J connectivity index is 2.27. The lowest BCUT2D eigenvalue weighted by atomic mass is 9.90. The number of nitrogens with one attached hydrogen (secondary N) is 2. The Labute approximate surface area is 90.4 Å². The smallest absolute Gasteiger partial charge is 0.238 e. The first-order chi connectivity index (χ1) is 6.55. The molecule has 1 atom stereocenters. The first-order valence-corrected chi connectivity index (χ1v) is 6.29. The third kappa shape index (κ3) is 3.50. The van der Waals surface area contributed by atoms with Crippen LogP contribution in [0.25, 0.3) is 0 Å². The second-order valence-electron chi connectivity index (χ2n) is 4.51. The molecule has 82 valence electrons. The molecule has 1 amide bonds. The van der Waals surface area contributed by atoms with Crippen molar-refractivity contribution in [3.8, 4) is 0 Å². The Bertz CT molecular complexity index is 200. The van der Waals surface area contributed by atoms with Crippen LogP contribution >= 0.6 is 11.8 Å². The first kappa shape index (κ1) is 11.9. The van der Waals surface area contributed by atoms with E-state index in [0.717, 1.165) is 24.6 Å². The zero-order valence-electron chi connectivity index (χ0n) is 9.22. The Kier molecular flexibility index (Phi) is 4.26. The highest BCUT2D eigenvalue weighted by atomic mass is 32.2. The van der Waals surface area contributed by atoms with Gasteiger partial charge in [0.2, 0.25) is 5.91 Å². The van der Waals surface area contributed by atoms with E-state index in [1.165, 1.54) is 0 Å². The van der Waals surface area contributed by atoms with E-state index in [4.69, 9.17) is 0 Å². The molecule has 0 radical (unpaired) electrons. The molecular weight excluding hydrogens is 196 g/mol. The van der Waals surface area contributed by atoms with Gasteiger partial charge >= 0.3 is 0 Å². The van der Waals surface area contributed by atoms with Crippen molar-refractivity contribution in [2.45, 2.75) is 33.2 Å². The van der Waals surface area contributed by atoms with E-state index in [0.29, 0.717) is 0 Å². The van der Waals surface area contributed by atoms with E-state index >= 15 is 0 Å². The fourth-order valence-electron chi connectivity index (χ4n) is 1.14. The molecule has 2 N–H and O–H groups in total. The zero-order chi connectivity index (χ0) is 10.6. The maximum atomic E-state index is 11.6. The molecular formula is C10H20N2OS. The van der Waals surface area contributed by atoms with Crippen LogP contribution in [-0.4, -0.2) is 30.1 Å². The summed E-state index contributed by atoms with van der Waals surface area (Å²) in [5.74, 6) is 1.95. The fourth-order valence-corrected chi connectivity index (χ4v) is 2.08. The lowest BCUT2D eigenvalue weighted by Gasteiger charge is -2.23. The van der Waals surface area contributed by atoms with Crippen LogP contribution in [0.15, 0.2) is 0 Å². The van der Waals surface area contributed by atoms with Crippen LogP contribution in [-0.2, 0) is 4.79 Å². The molecule has 0 bridgehead atoms. The summed E-state index contributed by atoms with van der Waals surface area (Å²) in [6, 6.07) is 0.0210. The van der Waals surface area contributed by atoms with Crippen LogP contribution in [0.1, 0.15) is 27.2 Å². The Morgan fingerprint density at radius 1 is 1.64 bits per heavy atom. The number of thioether (sulfide) groups is 1. The fraction of sp³-hybridized carbons (Fsp3) is 0.900. The molecule has 3 nitrogen and oxygen atoms in total. The molecule has 0 saturated carbocycles. The standard InChI is InChI=1S/C10H20N2OS/c1-4-10(2,3)6-11-9(13)8-5-14-7-12-8/h8,12H,4-7H2,1-3H3,(H,11,13). The summed E-state index contributed by atoms with van der Waals surface area (Å²) in [6.45, 7) is 7.26. The lowest BCUT2D eigenvalue weighted by Crippen LogP contribution is -2.45. The van der Waals surface area contributed by atoms with Crippen LogP contribution < -0.4 is 10.6 Å². The van der Waals surface area contributed by atoms with Crippen molar-refractivity contribution in [3.05, 3.63) is 0 Å². The summed E-state index contributed by atoms with van der Waals surface area (Å²) in [5.41, 5.74) is 0.210. The number of carbonyl (C=O) groups is 1. The largest absolute Gasteiger partial charge is 0.354 e. The average Bonchev–Trinajstić information content (AvgIpc) is 2.67. The third-order valence-corrected chi connectivity index (χ3v) is 3.67. The van der Waals surface area contributed by atoms with Gasteiger partial charge < -0.3 is 5.32 Å². The van der Waals surface area contributed by atoms with Gasteiger partial charge in [-0.2, -0.15) is 0 Å². The van der Waals surface area contributed by atoms with E-state index in [1.54, 1.807) is 11.8 Å². The molecule has 0 spiro atoms. The minimum atomic E-state index is 0.0210. The van der Waals surface area contributed by atoms with Gasteiger partial charge in [-0.05, 0) is 11.8 Å². The Morgan fingerprint density at radius 2 is 2.36 bits per heavy atom. The van der Waals surface area contributed by atoms with E-state index in [-0.39, 0.29) is 17.4 Å². The monoisotopic (exact) mass is 216 g/mol. The highest BCUT2D eigenvalue weighted by Gasteiger charge is 2.24. The summed E-state index contributed by atoms with van der Waals surface area (Å²) in [6.07, 6.45) is 1.08. The molecule has 1 saturated heterocycles. The topological polar surface area (TPSA) is 41.1 Å². The second-order valence-corrected chi connectivity index (χ2v) is 5.54. The molecule has 0 aliphatic carbocycles. The third-order valence-electron chi connectivity index (χ3n) is 2.73. The molecule has 0 aromatic heterocycles. The molecule has 4 heteroatoms. The van der Waals surface area contributed by atoms with Gasteiger partial charge in [0, 0.05) is 18.2 Å². The van der Waals surface area contributed by atoms with Gasteiger partial charge in [0.1, 0.15) is 0 Å². The quantitative estimate of drug-likeness (QED) is 0.742. The van der Waals surface area contributed by atoms with Gasteiger partial charge in [-0.3, -0.25) is 10.1 Å². The zero-order valence-corrected chi connectivity index (χ0v) is 10.0. The average molecular weight is 216 g/mol. The van der Waals surface area contributed by atoms with Crippen molar-refractivity contribution in [2.24, 2.45) is 5.41 Å². The summed E-state index contributed by atoms with van der Waals surface area (Å²) in [4.78, 5) is 11.6. The van der Waals surface area contributed by atoms with Crippen LogP contribution in [0, 0.1) is 5.41 Å². The number of hydrogen-bond acceptors (Lipinski definition) is 3. The van der Waals surface area contributed by atoms with Crippen molar-refractivity contribution in [1.29, 1.82) is 0 Å². The van der Waals surface area contributed by atoms with E-state index in [9.17, 15) is 4.79 Å². The van der Waals surface area contributed by atoms with Gasteiger partial charge in [-0.15, -0.1) is 11.8 Å². The Morgan fingerprint density at radius 3 is 2.86 bits per heavy atom. The van der Waals surface area contributed by atoms with Gasteiger partial charge in [0.25, 0.3) is 0 Å². The van der Waals surface area contributed by atoms with Crippen LogP contribution in [0.4, 0.5) is 0 Å². The number of amides is 1. The van der Waals surface area contributed by atoms with Crippen molar-refractivity contribution >= 4 is 17.7 Å². The number of carbonyl (C=O) groups excluding carboxylic acids is 1. The van der Waals surface area contributed by atoms with Gasteiger partial charge in [-0.1, -0.05) is 20.8 Å². The van der Waals surface area contributed by atoms with Gasteiger partial charge in [0.15, 0.2) is 0 Å². The maximum Gasteiger partial charge on any atom is 0.238 e. The molecule has 1 fully saturated rings. The van der Waals surface area contributed by atoms with Gasteiger partial charge in [-0.25, -0.2) is 0 Å². The predicted molar refractivity (Wildman–Crippen MR) is 61.3 cm³/mol. The maximum absolute atomic E-state index is 11.6. The van der Waals surface area contributed by atoms with Crippen molar-refractivity contribution in [3.63, 3.8) is 0 Å². The molecule has 1 unspecified atom stereocenters. The summed E-state index contributed by atoms with van der Waals surface area (Å²) < 4.78 is 0. The Hall–Kier alpha value is -0.220. The van der Waals surface area contributed by atoms with E-state index in [2.05, 4.69) is 31.4 Å². The van der Waals surface area contributed by atoms with Crippen molar-refractivity contribution in [2.75, 3.05) is 18.2 Å². The van der Waals surface area contributed by atoms with E-state index in [1.807, 2.05) is 0 Å². The molecule has 14 heavy (non-hydrogen) atoms. The molecule has 0 aromatic rings. The minimum absolute atomic E-state index is 0.0210. The summed E-state index contributed by atoms with van der Waals surface area (Å²) in [5, 5.41) is 6.16. The molecule has 1 aliphatic heterocycles.